The van der Waals surface area contributed by atoms with E-state index < -0.39 is 6.09 Å². The van der Waals surface area contributed by atoms with Crippen molar-refractivity contribution >= 4 is 6.09 Å². The summed E-state index contributed by atoms with van der Waals surface area (Å²) in [7, 11) is 0. The summed E-state index contributed by atoms with van der Waals surface area (Å²) in [6, 6.07) is 0.0139. The molecule has 0 spiro atoms. The maximum absolute atomic E-state index is 11.1. The summed E-state index contributed by atoms with van der Waals surface area (Å²) in [5.41, 5.74) is 0. The van der Waals surface area contributed by atoms with Gasteiger partial charge in [0.1, 0.15) is 12.2 Å². The quantitative estimate of drug-likeness (QED) is 0.597. The summed E-state index contributed by atoms with van der Waals surface area (Å²) in [5, 5.41) is 11.1. The Balaban J connectivity index is 3.02. The highest BCUT2D eigenvalue weighted by molar-refractivity contribution is 5.56. The lowest BCUT2D eigenvalue weighted by Crippen LogP contribution is -2.60. The summed E-state index contributed by atoms with van der Waals surface area (Å²) >= 11 is 0. The number of hydrogen-bond acceptors (Lipinski definition) is 2. The number of likely N-dealkylation sites (N-methyl/N-ethyl adjacent to an activating group) is 1. The van der Waals surface area contributed by atoms with Gasteiger partial charge in [-0.05, 0) is 19.1 Å². The zero-order valence-electron chi connectivity index (χ0n) is 8.06. The van der Waals surface area contributed by atoms with E-state index in [0.29, 0.717) is 6.54 Å². The first-order chi connectivity index (χ1) is 6.17. The molecule has 0 aliphatic carbocycles. The number of carboxylic acid groups (broad SMARTS) is 1. The fourth-order valence-electron chi connectivity index (χ4n) is 1.79. The van der Waals surface area contributed by atoms with Gasteiger partial charge in [0.15, 0.2) is 0 Å². The van der Waals surface area contributed by atoms with Gasteiger partial charge in [0, 0.05) is 6.42 Å². The average Bonchev–Trinajstić information content (AvgIpc) is 2.17. The third kappa shape index (κ3) is 1.52. The normalized spacial score (nSPS) is 32.0. The SMILES string of the molecule is CCC1C=CC=C[N+]1(CC)C(=O)[O-]. The molecule has 0 aromatic carbocycles. The standard InChI is InChI=1S/C10H15NO2/c1-3-9-7-5-6-8-11(9,4-2)10(12)13/h5-9H,3-4H2,1-2H3. The van der Waals surface area contributed by atoms with Gasteiger partial charge in [-0.2, -0.15) is 0 Å². The van der Waals surface area contributed by atoms with Crippen molar-refractivity contribution in [1.29, 1.82) is 0 Å². The monoisotopic (exact) mass is 181 g/mol. The lowest BCUT2D eigenvalue weighted by atomic mass is 10.1. The zero-order valence-corrected chi connectivity index (χ0v) is 8.06. The number of carbonyl (C=O) groups excluding carboxylic acids is 1. The van der Waals surface area contributed by atoms with Crippen LogP contribution in [0.1, 0.15) is 20.3 Å². The highest BCUT2D eigenvalue weighted by Gasteiger charge is 2.34. The first-order valence-corrected chi connectivity index (χ1v) is 4.62. The fraction of sp³-hybridized carbons (Fsp3) is 0.500. The summed E-state index contributed by atoms with van der Waals surface area (Å²) in [5.74, 6) is 0. The van der Waals surface area contributed by atoms with Gasteiger partial charge in [-0.15, -0.1) is 0 Å². The minimum absolute atomic E-state index is 0.0139. The maximum Gasteiger partial charge on any atom is 0.262 e. The summed E-state index contributed by atoms with van der Waals surface area (Å²) in [4.78, 5) is 11.1. The Morgan fingerprint density at radius 1 is 1.46 bits per heavy atom. The molecule has 0 N–H and O–H groups in total. The molecule has 0 radical (unpaired) electrons. The van der Waals surface area contributed by atoms with Gasteiger partial charge in [0.05, 0.1) is 6.54 Å². The van der Waals surface area contributed by atoms with Crippen LogP contribution < -0.4 is 5.11 Å². The number of carbonyl (C=O) groups is 1. The topological polar surface area (TPSA) is 40.1 Å². The predicted molar refractivity (Wildman–Crippen MR) is 48.6 cm³/mol. The Kier molecular flexibility index (Phi) is 2.88. The maximum atomic E-state index is 11.1. The molecule has 0 fully saturated rings. The number of amides is 1. The highest BCUT2D eigenvalue weighted by atomic mass is 16.4. The Bertz CT molecular complexity index is 258. The van der Waals surface area contributed by atoms with Gasteiger partial charge in [0.25, 0.3) is 6.09 Å². The largest absolute Gasteiger partial charge is 0.498 e. The molecule has 0 aromatic heterocycles. The first kappa shape index (κ1) is 9.99. The molecule has 1 rings (SSSR count). The summed E-state index contributed by atoms with van der Waals surface area (Å²) < 4.78 is -0.0764. The molecule has 1 heterocycles. The zero-order chi connectivity index (χ0) is 9.90. The van der Waals surface area contributed by atoms with E-state index in [-0.39, 0.29) is 10.5 Å². The van der Waals surface area contributed by atoms with Crippen molar-refractivity contribution in [2.45, 2.75) is 26.3 Å². The van der Waals surface area contributed by atoms with Crippen molar-refractivity contribution in [3.8, 4) is 0 Å². The second-order valence-electron chi connectivity index (χ2n) is 3.21. The molecule has 1 aliphatic rings. The van der Waals surface area contributed by atoms with Crippen LogP contribution in [0.4, 0.5) is 4.79 Å². The van der Waals surface area contributed by atoms with Crippen LogP contribution in [0.3, 0.4) is 0 Å². The van der Waals surface area contributed by atoms with E-state index in [4.69, 9.17) is 0 Å². The first-order valence-electron chi connectivity index (χ1n) is 4.62. The molecule has 2 atom stereocenters. The van der Waals surface area contributed by atoms with Gasteiger partial charge in [-0.1, -0.05) is 13.0 Å². The lowest BCUT2D eigenvalue weighted by Gasteiger charge is -2.39. The number of quaternary nitrogens is 1. The Hall–Kier alpha value is -1.09. The third-order valence-electron chi connectivity index (χ3n) is 2.67. The molecule has 0 saturated carbocycles. The number of nitrogens with zero attached hydrogens (tertiary/aromatic N) is 1. The summed E-state index contributed by atoms with van der Waals surface area (Å²) in [6.45, 7) is 4.38. The predicted octanol–water partition coefficient (Wildman–Crippen LogP) is 1.03. The van der Waals surface area contributed by atoms with E-state index in [2.05, 4.69) is 0 Å². The van der Waals surface area contributed by atoms with Crippen LogP contribution in [0.25, 0.3) is 0 Å². The van der Waals surface area contributed by atoms with Crippen LogP contribution in [-0.2, 0) is 0 Å². The second-order valence-corrected chi connectivity index (χ2v) is 3.21. The Morgan fingerprint density at radius 2 is 2.15 bits per heavy atom. The lowest BCUT2D eigenvalue weighted by molar-refractivity contribution is -0.845. The van der Waals surface area contributed by atoms with Crippen LogP contribution in [0, 0.1) is 0 Å². The van der Waals surface area contributed by atoms with Crippen molar-refractivity contribution in [2.75, 3.05) is 6.54 Å². The fourth-order valence-corrected chi connectivity index (χ4v) is 1.79. The van der Waals surface area contributed by atoms with E-state index in [1.54, 1.807) is 12.3 Å². The smallest absolute Gasteiger partial charge is 0.262 e. The van der Waals surface area contributed by atoms with E-state index in [9.17, 15) is 9.90 Å². The molecule has 13 heavy (non-hydrogen) atoms. The van der Waals surface area contributed by atoms with Gasteiger partial charge < -0.3 is 9.90 Å². The van der Waals surface area contributed by atoms with E-state index in [0.717, 1.165) is 6.42 Å². The van der Waals surface area contributed by atoms with Crippen LogP contribution >= 0.6 is 0 Å². The van der Waals surface area contributed by atoms with Crippen molar-refractivity contribution < 1.29 is 14.4 Å². The number of hydrogen-bond donors (Lipinski definition) is 0. The third-order valence-corrected chi connectivity index (χ3v) is 2.67. The Labute approximate surface area is 78.6 Å². The van der Waals surface area contributed by atoms with Gasteiger partial charge >= 0.3 is 0 Å². The van der Waals surface area contributed by atoms with Crippen molar-refractivity contribution in [3.63, 3.8) is 0 Å². The number of rotatable bonds is 2. The van der Waals surface area contributed by atoms with Gasteiger partial charge in [-0.3, -0.25) is 0 Å². The second kappa shape index (κ2) is 3.75. The molecule has 72 valence electrons. The minimum Gasteiger partial charge on any atom is -0.498 e. The Morgan fingerprint density at radius 3 is 2.54 bits per heavy atom. The molecular formula is C10H15NO2. The van der Waals surface area contributed by atoms with Gasteiger partial charge in [-0.25, -0.2) is 4.48 Å². The van der Waals surface area contributed by atoms with Crippen LogP contribution in [0.15, 0.2) is 24.4 Å². The molecule has 0 aromatic rings. The van der Waals surface area contributed by atoms with Crippen molar-refractivity contribution in [2.24, 2.45) is 0 Å². The van der Waals surface area contributed by atoms with Crippen LogP contribution in [0.5, 0.6) is 0 Å². The molecule has 1 amide bonds. The average molecular weight is 181 g/mol. The molecule has 1 aliphatic heterocycles. The minimum atomic E-state index is -1.02. The molecule has 2 unspecified atom stereocenters. The molecule has 0 saturated heterocycles. The van der Waals surface area contributed by atoms with Crippen molar-refractivity contribution in [3.05, 3.63) is 24.4 Å². The summed E-state index contributed by atoms with van der Waals surface area (Å²) in [6.07, 6.45) is 7.08. The van der Waals surface area contributed by atoms with Crippen molar-refractivity contribution in [1.82, 2.24) is 0 Å². The van der Waals surface area contributed by atoms with E-state index in [1.165, 1.54) is 0 Å². The molecule has 0 bridgehead atoms. The molecular weight excluding hydrogens is 166 g/mol. The molecule has 3 heteroatoms. The van der Waals surface area contributed by atoms with Crippen LogP contribution in [-0.4, -0.2) is 23.2 Å². The van der Waals surface area contributed by atoms with E-state index >= 15 is 0 Å². The highest BCUT2D eigenvalue weighted by Crippen LogP contribution is 2.21. The van der Waals surface area contributed by atoms with E-state index in [1.807, 2.05) is 26.0 Å². The van der Waals surface area contributed by atoms with Gasteiger partial charge in [0.2, 0.25) is 0 Å². The number of allylic oxidation sites excluding steroid dienone is 2. The van der Waals surface area contributed by atoms with Crippen LogP contribution in [0.2, 0.25) is 0 Å². The molecule has 3 nitrogen and oxygen atoms in total.